The zero-order valence-electron chi connectivity index (χ0n) is 12.2. The van der Waals surface area contributed by atoms with Crippen molar-refractivity contribution in [2.45, 2.75) is 31.2 Å². The molecule has 1 atom stereocenters. The van der Waals surface area contributed by atoms with E-state index in [4.69, 9.17) is 5.14 Å². The lowest BCUT2D eigenvalue weighted by Crippen LogP contribution is -2.13. The first-order chi connectivity index (χ1) is 9.90. The van der Waals surface area contributed by atoms with Crippen LogP contribution in [0.3, 0.4) is 0 Å². The number of benzene rings is 2. The summed E-state index contributed by atoms with van der Waals surface area (Å²) in [5.41, 5.74) is 3.31. The molecule has 1 unspecified atom stereocenters. The minimum atomic E-state index is -3.64. The number of nitrogens with two attached hydrogens (primary N) is 1. The second-order valence-corrected chi connectivity index (χ2v) is 6.65. The Morgan fingerprint density at radius 3 is 2.10 bits per heavy atom. The second kappa shape index (κ2) is 6.28. The van der Waals surface area contributed by atoms with E-state index in [9.17, 15) is 8.42 Å². The van der Waals surface area contributed by atoms with Crippen molar-refractivity contribution in [3.63, 3.8) is 0 Å². The van der Waals surface area contributed by atoms with Gasteiger partial charge in [-0.15, -0.1) is 0 Å². The van der Waals surface area contributed by atoms with Crippen LogP contribution < -0.4 is 10.5 Å². The molecule has 0 radical (unpaired) electrons. The molecule has 0 aromatic heterocycles. The van der Waals surface area contributed by atoms with Crippen molar-refractivity contribution in [2.75, 3.05) is 5.32 Å². The molecular formula is C16H20N2O2S. The van der Waals surface area contributed by atoms with Gasteiger partial charge in [-0.2, -0.15) is 0 Å². The minimum Gasteiger partial charge on any atom is -0.378 e. The molecule has 3 N–H and O–H groups in total. The van der Waals surface area contributed by atoms with Gasteiger partial charge in [0, 0.05) is 5.69 Å². The molecule has 112 valence electrons. The Morgan fingerprint density at radius 1 is 1.05 bits per heavy atom. The van der Waals surface area contributed by atoms with Gasteiger partial charge >= 0.3 is 0 Å². The lowest BCUT2D eigenvalue weighted by atomic mass is 10.0. The third-order valence-corrected chi connectivity index (χ3v) is 4.34. The molecule has 0 fully saturated rings. The Bertz CT molecular complexity index is 692. The van der Waals surface area contributed by atoms with Crippen LogP contribution in [0.25, 0.3) is 0 Å². The quantitative estimate of drug-likeness (QED) is 0.891. The van der Waals surface area contributed by atoms with E-state index < -0.39 is 10.0 Å². The van der Waals surface area contributed by atoms with E-state index in [0.29, 0.717) is 0 Å². The van der Waals surface area contributed by atoms with Gasteiger partial charge in [0.25, 0.3) is 0 Å². The fraction of sp³-hybridized carbons (Fsp3) is 0.250. The third-order valence-electron chi connectivity index (χ3n) is 3.41. The summed E-state index contributed by atoms with van der Waals surface area (Å²) in [5, 5.41) is 8.50. The van der Waals surface area contributed by atoms with Crippen molar-refractivity contribution < 1.29 is 8.42 Å². The Morgan fingerprint density at radius 2 is 1.62 bits per heavy atom. The smallest absolute Gasteiger partial charge is 0.238 e. The highest BCUT2D eigenvalue weighted by molar-refractivity contribution is 7.89. The summed E-state index contributed by atoms with van der Waals surface area (Å²) in [6.45, 7) is 4.17. The molecule has 0 aliphatic carbocycles. The molecule has 21 heavy (non-hydrogen) atoms. The van der Waals surface area contributed by atoms with Crippen molar-refractivity contribution in [2.24, 2.45) is 5.14 Å². The van der Waals surface area contributed by atoms with Crippen LogP contribution in [-0.4, -0.2) is 8.42 Å². The van der Waals surface area contributed by atoms with Crippen molar-refractivity contribution in [3.8, 4) is 0 Å². The molecule has 5 heteroatoms. The molecule has 0 saturated heterocycles. The molecule has 4 nitrogen and oxygen atoms in total. The van der Waals surface area contributed by atoms with Crippen molar-refractivity contribution in [1.29, 1.82) is 0 Å². The number of rotatable bonds is 5. The standard InChI is InChI=1S/C16H20N2O2S/c1-3-16(13-6-4-12(2)5-7-13)18-14-8-10-15(11-9-14)21(17,19)20/h4-11,16,18H,3H2,1-2H3,(H2,17,19,20). The summed E-state index contributed by atoms with van der Waals surface area (Å²) in [5.74, 6) is 0. The fourth-order valence-corrected chi connectivity index (χ4v) is 2.68. The summed E-state index contributed by atoms with van der Waals surface area (Å²) in [7, 11) is -3.64. The lowest BCUT2D eigenvalue weighted by Gasteiger charge is -2.19. The Labute approximate surface area is 126 Å². The number of primary sulfonamides is 1. The SMILES string of the molecule is CCC(Nc1ccc(S(N)(=O)=O)cc1)c1ccc(C)cc1. The predicted molar refractivity (Wildman–Crippen MR) is 85.6 cm³/mol. The Hall–Kier alpha value is -1.85. The van der Waals surface area contributed by atoms with Gasteiger partial charge in [0.1, 0.15) is 0 Å². The van der Waals surface area contributed by atoms with Gasteiger partial charge in [-0.3, -0.25) is 0 Å². The molecule has 0 bridgehead atoms. The molecule has 0 saturated carbocycles. The molecule has 2 aromatic rings. The summed E-state index contributed by atoms with van der Waals surface area (Å²) in [4.78, 5) is 0.122. The first-order valence-corrected chi connectivity index (χ1v) is 8.40. The second-order valence-electron chi connectivity index (χ2n) is 5.09. The van der Waals surface area contributed by atoms with Gasteiger partial charge in [0.15, 0.2) is 0 Å². The van der Waals surface area contributed by atoms with Crippen molar-refractivity contribution >= 4 is 15.7 Å². The summed E-state index contributed by atoms with van der Waals surface area (Å²) in [6.07, 6.45) is 0.931. The van der Waals surface area contributed by atoms with Gasteiger partial charge in [-0.25, -0.2) is 13.6 Å². The summed E-state index contributed by atoms with van der Waals surface area (Å²) < 4.78 is 22.5. The van der Waals surface area contributed by atoms with E-state index in [1.807, 2.05) is 0 Å². The number of hydrogen-bond acceptors (Lipinski definition) is 3. The van der Waals surface area contributed by atoms with Crippen LogP contribution >= 0.6 is 0 Å². The van der Waals surface area contributed by atoms with Crippen LogP contribution in [0.5, 0.6) is 0 Å². The Kier molecular flexibility index (Phi) is 4.65. The maximum Gasteiger partial charge on any atom is 0.238 e. The molecule has 0 aliphatic rings. The fourth-order valence-electron chi connectivity index (χ4n) is 2.16. The lowest BCUT2D eigenvalue weighted by molar-refractivity contribution is 0.598. The number of nitrogens with one attached hydrogen (secondary N) is 1. The molecular weight excluding hydrogens is 284 g/mol. The highest BCUT2D eigenvalue weighted by Crippen LogP contribution is 2.23. The van der Waals surface area contributed by atoms with Crippen molar-refractivity contribution in [3.05, 3.63) is 59.7 Å². The summed E-state index contributed by atoms with van der Waals surface area (Å²) in [6, 6.07) is 15.1. The maximum atomic E-state index is 11.2. The number of sulfonamides is 1. The van der Waals surface area contributed by atoms with Gasteiger partial charge in [0.05, 0.1) is 10.9 Å². The van der Waals surface area contributed by atoms with Gasteiger partial charge in [-0.05, 0) is 43.2 Å². The minimum absolute atomic E-state index is 0.122. The monoisotopic (exact) mass is 304 g/mol. The predicted octanol–water partition coefficient (Wildman–Crippen LogP) is 3.21. The van der Waals surface area contributed by atoms with Crippen LogP contribution in [0.15, 0.2) is 53.4 Å². The van der Waals surface area contributed by atoms with Crippen molar-refractivity contribution in [1.82, 2.24) is 0 Å². The number of anilines is 1. The molecule has 2 aromatic carbocycles. The summed E-state index contributed by atoms with van der Waals surface area (Å²) >= 11 is 0. The maximum absolute atomic E-state index is 11.2. The van der Waals surface area contributed by atoms with Gasteiger partial charge in [0.2, 0.25) is 10.0 Å². The molecule has 0 amide bonds. The van der Waals surface area contributed by atoms with Crippen LogP contribution in [0, 0.1) is 6.92 Å². The van der Waals surface area contributed by atoms with Gasteiger partial charge < -0.3 is 5.32 Å². The highest BCUT2D eigenvalue weighted by Gasteiger charge is 2.10. The first-order valence-electron chi connectivity index (χ1n) is 6.86. The number of hydrogen-bond donors (Lipinski definition) is 2. The van der Waals surface area contributed by atoms with Crippen LogP contribution in [0.1, 0.15) is 30.5 Å². The molecule has 0 spiro atoms. The zero-order chi connectivity index (χ0) is 15.5. The van der Waals surface area contributed by atoms with Crippen LogP contribution in [-0.2, 0) is 10.0 Å². The highest BCUT2D eigenvalue weighted by atomic mass is 32.2. The molecule has 2 rings (SSSR count). The first kappa shape index (κ1) is 15.5. The third kappa shape index (κ3) is 4.06. The molecule has 0 aliphatic heterocycles. The number of aryl methyl sites for hydroxylation is 1. The van der Waals surface area contributed by atoms with E-state index in [-0.39, 0.29) is 10.9 Å². The Balaban J connectivity index is 2.17. The van der Waals surface area contributed by atoms with Crippen LogP contribution in [0.4, 0.5) is 5.69 Å². The molecule has 0 heterocycles. The largest absolute Gasteiger partial charge is 0.378 e. The van der Waals surface area contributed by atoms with E-state index in [1.165, 1.54) is 23.3 Å². The average molecular weight is 304 g/mol. The average Bonchev–Trinajstić information content (AvgIpc) is 2.45. The topological polar surface area (TPSA) is 72.2 Å². The van der Waals surface area contributed by atoms with Crippen LogP contribution in [0.2, 0.25) is 0 Å². The zero-order valence-corrected chi connectivity index (χ0v) is 13.0. The van der Waals surface area contributed by atoms with Gasteiger partial charge in [-0.1, -0.05) is 36.8 Å². The van der Waals surface area contributed by atoms with E-state index in [2.05, 4.69) is 43.4 Å². The van der Waals surface area contributed by atoms with E-state index in [1.54, 1.807) is 12.1 Å². The van der Waals surface area contributed by atoms with E-state index >= 15 is 0 Å². The normalized spacial score (nSPS) is 12.9. The van der Waals surface area contributed by atoms with E-state index in [0.717, 1.165) is 12.1 Å².